The van der Waals surface area contributed by atoms with E-state index in [1.54, 1.807) is 43.5 Å². The Hall–Kier alpha value is -3.02. The number of nitrogen functional groups attached to an aromatic ring is 1. The van der Waals surface area contributed by atoms with E-state index < -0.39 is 0 Å². The van der Waals surface area contributed by atoms with Gasteiger partial charge >= 0.3 is 0 Å². The highest BCUT2D eigenvalue weighted by Gasteiger charge is 2.06. The third-order valence-electron chi connectivity index (χ3n) is 3.95. The van der Waals surface area contributed by atoms with E-state index in [0.717, 1.165) is 25.0 Å². The third kappa shape index (κ3) is 6.12. The SMILES string of the molecule is COc1ccc(C(=O)NCCCCCC(=O)Nc2ccccc2N)cc1. The highest BCUT2D eigenvalue weighted by molar-refractivity contribution is 5.94. The number of nitrogens with two attached hydrogens (primary N) is 1. The fraction of sp³-hybridized carbons (Fsp3) is 0.300. The molecule has 0 radical (unpaired) electrons. The van der Waals surface area contributed by atoms with Crippen molar-refractivity contribution >= 4 is 23.2 Å². The highest BCUT2D eigenvalue weighted by atomic mass is 16.5. The summed E-state index contributed by atoms with van der Waals surface area (Å²) >= 11 is 0. The number of unbranched alkanes of at least 4 members (excludes halogenated alkanes) is 2. The van der Waals surface area contributed by atoms with Crippen LogP contribution in [0.5, 0.6) is 5.75 Å². The van der Waals surface area contributed by atoms with Gasteiger partial charge in [0, 0.05) is 18.5 Å². The molecule has 0 aliphatic rings. The van der Waals surface area contributed by atoms with Crippen LogP contribution in [0.2, 0.25) is 0 Å². The van der Waals surface area contributed by atoms with Crippen LogP contribution in [-0.2, 0) is 4.79 Å². The van der Waals surface area contributed by atoms with Crippen molar-refractivity contribution in [3.05, 3.63) is 54.1 Å². The predicted molar refractivity (Wildman–Crippen MR) is 103 cm³/mol. The first-order valence-corrected chi connectivity index (χ1v) is 8.67. The molecule has 0 spiro atoms. The summed E-state index contributed by atoms with van der Waals surface area (Å²) in [6.07, 6.45) is 2.88. The van der Waals surface area contributed by atoms with Gasteiger partial charge in [0.25, 0.3) is 5.91 Å². The van der Waals surface area contributed by atoms with Gasteiger partial charge in [-0.25, -0.2) is 0 Å². The molecule has 2 aromatic carbocycles. The van der Waals surface area contributed by atoms with Crippen molar-refractivity contribution in [2.45, 2.75) is 25.7 Å². The number of anilines is 2. The minimum atomic E-state index is -0.107. The number of ether oxygens (including phenoxy) is 1. The van der Waals surface area contributed by atoms with Gasteiger partial charge in [0.05, 0.1) is 18.5 Å². The average molecular weight is 355 g/mol. The molecule has 2 rings (SSSR count). The minimum absolute atomic E-state index is 0.0508. The van der Waals surface area contributed by atoms with E-state index in [2.05, 4.69) is 10.6 Å². The minimum Gasteiger partial charge on any atom is -0.497 e. The van der Waals surface area contributed by atoms with E-state index in [9.17, 15) is 9.59 Å². The first-order chi connectivity index (χ1) is 12.6. The lowest BCUT2D eigenvalue weighted by Gasteiger charge is -2.08. The number of carbonyl (C=O) groups is 2. The van der Waals surface area contributed by atoms with Crippen LogP contribution in [0.3, 0.4) is 0 Å². The van der Waals surface area contributed by atoms with Crippen molar-refractivity contribution in [1.29, 1.82) is 0 Å². The molecule has 0 fully saturated rings. The first kappa shape index (κ1) is 19.3. The smallest absolute Gasteiger partial charge is 0.251 e. The molecule has 2 amide bonds. The Morgan fingerprint density at radius 2 is 1.73 bits per heavy atom. The second kappa shape index (κ2) is 10.1. The largest absolute Gasteiger partial charge is 0.497 e. The molecule has 0 atom stereocenters. The van der Waals surface area contributed by atoms with Crippen LogP contribution in [0.4, 0.5) is 11.4 Å². The standard InChI is InChI=1S/C20H25N3O3/c1-26-16-12-10-15(11-13-16)20(25)22-14-6-2-3-9-19(24)23-18-8-5-4-7-17(18)21/h4-5,7-8,10-13H,2-3,6,9,14,21H2,1H3,(H,22,25)(H,23,24). The fourth-order valence-electron chi connectivity index (χ4n) is 2.46. The summed E-state index contributed by atoms with van der Waals surface area (Å²) in [5, 5.41) is 5.68. The summed E-state index contributed by atoms with van der Waals surface area (Å²) in [5.74, 6) is 0.562. The Balaban J connectivity index is 1.59. The maximum absolute atomic E-state index is 12.0. The molecule has 0 saturated carbocycles. The normalized spacial score (nSPS) is 10.2. The average Bonchev–Trinajstić information content (AvgIpc) is 2.66. The zero-order valence-electron chi connectivity index (χ0n) is 15.0. The molecule has 4 N–H and O–H groups in total. The van der Waals surface area contributed by atoms with Gasteiger partial charge < -0.3 is 21.1 Å². The maximum Gasteiger partial charge on any atom is 0.251 e. The summed E-state index contributed by atoms with van der Waals surface area (Å²) in [6, 6.07) is 14.2. The molecular weight excluding hydrogens is 330 g/mol. The van der Waals surface area contributed by atoms with Crippen molar-refractivity contribution in [3.63, 3.8) is 0 Å². The molecule has 0 aromatic heterocycles. The summed E-state index contributed by atoms with van der Waals surface area (Å²) < 4.78 is 5.07. The van der Waals surface area contributed by atoms with Crippen LogP contribution < -0.4 is 21.1 Å². The van der Waals surface area contributed by atoms with E-state index in [-0.39, 0.29) is 11.8 Å². The van der Waals surface area contributed by atoms with Crippen molar-refractivity contribution in [3.8, 4) is 5.75 Å². The zero-order chi connectivity index (χ0) is 18.8. The molecule has 6 heteroatoms. The van der Waals surface area contributed by atoms with E-state index in [1.807, 2.05) is 12.1 Å². The second-order valence-electron chi connectivity index (χ2n) is 5.93. The molecule has 26 heavy (non-hydrogen) atoms. The molecule has 138 valence electrons. The molecular formula is C20H25N3O3. The Labute approximate surface area is 153 Å². The first-order valence-electron chi connectivity index (χ1n) is 8.67. The van der Waals surface area contributed by atoms with E-state index in [4.69, 9.17) is 10.5 Å². The number of amides is 2. The van der Waals surface area contributed by atoms with Crippen LogP contribution in [0, 0.1) is 0 Å². The number of hydrogen-bond donors (Lipinski definition) is 3. The van der Waals surface area contributed by atoms with Crippen molar-refractivity contribution in [1.82, 2.24) is 5.32 Å². The molecule has 6 nitrogen and oxygen atoms in total. The third-order valence-corrected chi connectivity index (χ3v) is 3.95. The fourth-order valence-corrected chi connectivity index (χ4v) is 2.46. The summed E-state index contributed by atoms with van der Waals surface area (Å²) in [5.41, 5.74) is 7.60. The van der Waals surface area contributed by atoms with Crippen molar-refractivity contribution in [2.75, 3.05) is 24.7 Å². The van der Waals surface area contributed by atoms with Crippen LogP contribution in [0.15, 0.2) is 48.5 Å². The number of hydrogen-bond acceptors (Lipinski definition) is 4. The number of benzene rings is 2. The molecule has 2 aromatic rings. The summed E-state index contributed by atoms with van der Waals surface area (Å²) in [7, 11) is 1.59. The lowest BCUT2D eigenvalue weighted by atomic mass is 10.1. The van der Waals surface area contributed by atoms with E-state index in [1.165, 1.54) is 0 Å². The van der Waals surface area contributed by atoms with Crippen LogP contribution in [-0.4, -0.2) is 25.5 Å². The van der Waals surface area contributed by atoms with Gasteiger partial charge in [-0.3, -0.25) is 9.59 Å². The molecule has 0 aliphatic heterocycles. The predicted octanol–water partition coefficient (Wildman–Crippen LogP) is 3.21. The quantitative estimate of drug-likeness (QED) is 0.476. The van der Waals surface area contributed by atoms with E-state index >= 15 is 0 Å². The molecule has 0 unspecified atom stereocenters. The van der Waals surface area contributed by atoms with Crippen LogP contribution in [0.1, 0.15) is 36.0 Å². The highest BCUT2D eigenvalue weighted by Crippen LogP contribution is 2.17. The second-order valence-corrected chi connectivity index (χ2v) is 5.93. The Morgan fingerprint density at radius 3 is 2.42 bits per heavy atom. The number of rotatable bonds is 9. The zero-order valence-corrected chi connectivity index (χ0v) is 15.0. The monoisotopic (exact) mass is 355 g/mol. The van der Waals surface area contributed by atoms with Gasteiger partial charge in [0.1, 0.15) is 5.75 Å². The van der Waals surface area contributed by atoms with Crippen molar-refractivity contribution in [2.24, 2.45) is 0 Å². The molecule has 0 heterocycles. The van der Waals surface area contributed by atoms with Crippen LogP contribution in [0.25, 0.3) is 0 Å². The van der Waals surface area contributed by atoms with E-state index in [0.29, 0.717) is 29.9 Å². The van der Waals surface area contributed by atoms with Gasteiger partial charge in [-0.1, -0.05) is 18.6 Å². The van der Waals surface area contributed by atoms with Gasteiger partial charge in [0.15, 0.2) is 0 Å². The van der Waals surface area contributed by atoms with Gasteiger partial charge in [-0.2, -0.15) is 0 Å². The molecule has 0 aliphatic carbocycles. The number of nitrogens with one attached hydrogen (secondary N) is 2. The number of para-hydroxylation sites is 2. The number of methoxy groups -OCH3 is 1. The Bertz CT molecular complexity index is 729. The Morgan fingerprint density at radius 1 is 1.00 bits per heavy atom. The van der Waals surface area contributed by atoms with Crippen LogP contribution >= 0.6 is 0 Å². The maximum atomic E-state index is 12.0. The van der Waals surface area contributed by atoms with Gasteiger partial charge in [-0.05, 0) is 49.2 Å². The van der Waals surface area contributed by atoms with Gasteiger partial charge in [-0.15, -0.1) is 0 Å². The topological polar surface area (TPSA) is 93.4 Å². The lowest BCUT2D eigenvalue weighted by Crippen LogP contribution is -2.24. The summed E-state index contributed by atoms with van der Waals surface area (Å²) in [6.45, 7) is 0.581. The number of carbonyl (C=O) groups excluding carboxylic acids is 2. The summed E-state index contributed by atoms with van der Waals surface area (Å²) in [4.78, 5) is 23.9. The van der Waals surface area contributed by atoms with Gasteiger partial charge in [0.2, 0.25) is 5.91 Å². The molecule has 0 saturated heterocycles. The lowest BCUT2D eigenvalue weighted by molar-refractivity contribution is -0.116. The van der Waals surface area contributed by atoms with Crippen molar-refractivity contribution < 1.29 is 14.3 Å². The Kier molecular flexibility index (Phi) is 7.49. The molecule has 0 bridgehead atoms.